The summed E-state index contributed by atoms with van der Waals surface area (Å²) >= 11 is 0. The van der Waals surface area contributed by atoms with Crippen molar-refractivity contribution in [1.82, 2.24) is 5.32 Å². The second-order valence-electron chi connectivity index (χ2n) is 5.21. The molecule has 0 aromatic heterocycles. The number of rotatable bonds is 5. The largest absolute Gasteiger partial charge is 0.398 e. The van der Waals surface area contributed by atoms with E-state index in [0.29, 0.717) is 6.54 Å². The first-order valence-electron chi connectivity index (χ1n) is 7.02. The maximum absolute atomic E-state index is 11.9. The van der Waals surface area contributed by atoms with Crippen molar-refractivity contribution < 1.29 is 4.79 Å². The van der Waals surface area contributed by atoms with Gasteiger partial charge in [0.05, 0.1) is 6.54 Å². The Morgan fingerprint density at radius 1 is 1.47 bits per heavy atom. The van der Waals surface area contributed by atoms with Crippen molar-refractivity contribution in [3.63, 3.8) is 0 Å². The van der Waals surface area contributed by atoms with Crippen LogP contribution in [-0.2, 0) is 11.2 Å². The molecule has 2 rings (SSSR count). The number of fused-ring (bicyclic) bond motifs is 1. The van der Waals surface area contributed by atoms with Gasteiger partial charge in [0.2, 0.25) is 5.91 Å². The molecule has 0 saturated carbocycles. The first-order valence-corrected chi connectivity index (χ1v) is 7.02. The molecule has 0 saturated heterocycles. The standard InChI is InChI=1S/C15H23N3O/c1-3-4-6-17-15(19)10-18-7-5-12-8-11(2)13(16)9-14(12)18/h8-9H,3-7,10,16H2,1-2H3,(H,17,19). The number of anilines is 2. The van der Waals surface area contributed by atoms with Crippen LogP contribution in [0, 0.1) is 6.92 Å². The van der Waals surface area contributed by atoms with Gasteiger partial charge in [-0.15, -0.1) is 0 Å². The Morgan fingerprint density at radius 2 is 2.26 bits per heavy atom. The number of nitrogens with two attached hydrogens (primary N) is 1. The third-order valence-corrected chi connectivity index (χ3v) is 3.65. The summed E-state index contributed by atoms with van der Waals surface area (Å²) in [4.78, 5) is 14.0. The highest BCUT2D eigenvalue weighted by atomic mass is 16.2. The molecule has 1 aliphatic heterocycles. The van der Waals surface area contributed by atoms with Gasteiger partial charge in [0, 0.05) is 24.5 Å². The summed E-state index contributed by atoms with van der Waals surface area (Å²) in [6.07, 6.45) is 3.13. The van der Waals surface area contributed by atoms with Crippen molar-refractivity contribution in [2.45, 2.75) is 33.1 Å². The highest BCUT2D eigenvalue weighted by molar-refractivity contribution is 5.83. The summed E-state index contributed by atoms with van der Waals surface area (Å²) in [6, 6.07) is 4.14. The minimum Gasteiger partial charge on any atom is -0.398 e. The summed E-state index contributed by atoms with van der Waals surface area (Å²) < 4.78 is 0. The Balaban J connectivity index is 1.98. The van der Waals surface area contributed by atoms with E-state index in [4.69, 9.17) is 5.73 Å². The molecule has 0 spiro atoms. The first kappa shape index (κ1) is 13.7. The number of carbonyl (C=O) groups is 1. The van der Waals surface area contributed by atoms with Crippen molar-refractivity contribution in [2.24, 2.45) is 0 Å². The molecule has 104 valence electrons. The van der Waals surface area contributed by atoms with Gasteiger partial charge >= 0.3 is 0 Å². The minimum atomic E-state index is 0.0976. The first-order chi connectivity index (χ1) is 9.11. The molecule has 1 aliphatic rings. The van der Waals surface area contributed by atoms with E-state index >= 15 is 0 Å². The quantitative estimate of drug-likeness (QED) is 0.628. The number of hydrogen-bond acceptors (Lipinski definition) is 3. The zero-order valence-corrected chi connectivity index (χ0v) is 11.8. The predicted octanol–water partition coefficient (Wildman–Crippen LogP) is 1.86. The molecular weight excluding hydrogens is 238 g/mol. The van der Waals surface area contributed by atoms with Crippen LogP contribution in [0.5, 0.6) is 0 Å². The normalized spacial score (nSPS) is 13.5. The number of nitrogen functional groups attached to an aromatic ring is 1. The van der Waals surface area contributed by atoms with Crippen LogP contribution in [0.25, 0.3) is 0 Å². The van der Waals surface area contributed by atoms with Crippen LogP contribution in [0.15, 0.2) is 12.1 Å². The molecule has 1 aromatic rings. The maximum Gasteiger partial charge on any atom is 0.239 e. The smallest absolute Gasteiger partial charge is 0.239 e. The highest BCUT2D eigenvalue weighted by Gasteiger charge is 2.21. The molecule has 0 atom stereocenters. The Hall–Kier alpha value is -1.71. The predicted molar refractivity (Wildman–Crippen MR) is 79.4 cm³/mol. The van der Waals surface area contributed by atoms with E-state index in [1.54, 1.807) is 0 Å². The molecule has 0 aliphatic carbocycles. The number of nitrogens with one attached hydrogen (secondary N) is 1. The van der Waals surface area contributed by atoms with E-state index in [0.717, 1.165) is 49.3 Å². The molecule has 3 N–H and O–H groups in total. The Bertz CT molecular complexity index is 471. The van der Waals surface area contributed by atoms with Crippen molar-refractivity contribution in [3.8, 4) is 0 Å². The van der Waals surface area contributed by atoms with E-state index in [2.05, 4.69) is 23.2 Å². The molecule has 1 amide bonds. The molecule has 0 radical (unpaired) electrons. The van der Waals surface area contributed by atoms with Gasteiger partial charge in [0.1, 0.15) is 0 Å². The van der Waals surface area contributed by atoms with Crippen molar-refractivity contribution >= 4 is 17.3 Å². The number of aryl methyl sites for hydroxylation is 1. The van der Waals surface area contributed by atoms with Crippen molar-refractivity contribution in [3.05, 3.63) is 23.3 Å². The number of nitrogens with zero attached hydrogens (tertiary/aromatic N) is 1. The zero-order chi connectivity index (χ0) is 13.8. The maximum atomic E-state index is 11.9. The van der Waals surface area contributed by atoms with Crippen molar-refractivity contribution in [1.29, 1.82) is 0 Å². The lowest BCUT2D eigenvalue weighted by molar-refractivity contribution is -0.119. The molecule has 19 heavy (non-hydrogen) atoms. The summed E-state index contributed by atoms with van der Waals surface area (Å²) in [6.45, 7) is 6.24. The number of amides is 1. The summed E-state index contributed by atoms with van der Waals surface area (Å²) in [7, 11) is 0. The molecule has 1 aromatic carbocycles. The third-order valence-electron chi connectivity index (χ3n) is 3.65. The minimum absolute atomic E-state index is 0.0976. The topological polar surface area (TPSA) is 58.4 Å². The SMILES string of the molecule is CCCCNC(=O)CN1CCc2cc(C)c(N)cc21. The lowest BCUT2D eigenvalue weighted by Crippen LogP contribution is -2.36. The average Bonchev–Trinajstić information content (AvgIpc) is 2.73. The monoisotopic (exact) mass is 261 g/mol. The van der Waals surface area contributed by atoms with E-state index in [-0.39, 0.29) is 5.91 Å². The van der Waals surface area contributed by atoms with Gasteiger partial charge in [0.15, 0.2) is 0 Å². The lowest BCUT2D eigenvalue weighted by atomic mass is 10.1. The average molecular weight is 261 g/mol. The molecule has 0 bridgehead atoms. The van der Waals surface area contributed by atoms with Gasteiger partial charge in [-0.3, -0.25) is 4.79 Å². The fourth-order valence-corrected chi connectivity index (χ4v) is 2.44. The van der Waals surface area contributed by atoms with Crippen LogP contribution in [-0.4, -0.2) is 25.5 Å². The molecule has 4 nitrogen and oxygen atoms in total. The zero-order valence-electron chi connectivity index (χ0n) is 11.8. The van der Waals surface area contributed by atoms with Gasteiger partial charge in [-0.2, -0.15) is 0 Å². The van der Waals surface area contributed by atoms with Crippen LogP contribution in [0.4, 0.5) is 11.4 Å². The summed E-state index contributed by atoms with van der Waals surface area (Å²) in [5.41, 5.74) is 10.3. The third kappa shape index (κ3) is 3.19. The number of hydrogen-bond donors (Lipinski definition) is 2. The molecule has 1 heterocycles. The molecule has 4 heteroatoms. The van der Waals surface area contributed by atoms with Gasteiger partial charge in [0.25, 0.3) is 0 Å². The molecule has 0 fully saturated rings. The van der Waals surface area contributed by atoms with E-state index in [9.17, 15) is 4.79 Å². The van der Waals surface area contributed by atoms with E-state index in [1.165, 1.54) is 5.56 Å². The van der Waals surface area contributed by atoms with Gasteiger partial charge in [-0.25, -0.2) is 0 Å². The van der Waals surface area contributed by atoms with Crippen LogP contribution in [0.1, 0.15) is 30.9 Å². The van der Waals surface area contributed by atoms with Crippen LogP contribution in [0.3, 0.4) is 0 Å². The fourth-order valence-electron chi connectivity index (χ4n) is 2.44. The van der Waals surface area contributed by atoms with Gasteiger partial charge in [-0.1, -0.05) is 19.4 Å². The molecule has 0 unspecified atom stereocenters. The Labute approximate surface area is 115 Å². The number of unbranched alkanes of at least 4 members (excludes halogenated alkanes) is 1. The van der Waals surface area contributed by atoms with E-state index < -0.39 is 0 Å². The van der Waals surface area contributed by atoms with Crippen LogP contribution < -0.4 is 16.0 Å². The second kappa shape index (κ2) is 5.95. The summed E-state index contributed by atoms with van der Waals surface area (Å²) in [5.74, 6) is 0.0976. The van der Waals surface area contributed by atoms with E-state index in [1.807, 2.05) is 13.0 Å². The highest BCUT2D eigenvalue weighted by Crippen LogP contribution is 2.31. The van der Waals surface area contributed by atoms with Crippen molar-refractivity contribution in [2.75, 3.05) is 30.3 Å². The lowest BCUT2D eigenvalue weighted by Gasteiger charge is -2.19. The number of carbonyl (C=O) groups excluding carboxylic acids is 1. The van der Waals surface area contributed by atoms with Crippen LogP contribution in [0.2, 0.25) is 0 Å². The van der Waals surface area contributed by atoms with Gasteiger partial charge < -0.3 is 16.0 Å². The Kier molecular flexibility index (Phi) is 4.30. The Morgan fingerprint density at radius 3 is 3.00 bits per heavy atom. The second-order valence-corrected chi connectivity index (χ2v) is 5.21. The number of benzene rings is 1. The van der Waals surface area contributed by atoms with Gasteiger partial charge in [-0.05, 0) is 37.0 Å². The van der Waals surface area contributed by atoms with Crippen LogP contribution >= 0.6 is 0 Å². The summed E-state index contributed by atoms with van der Waals surface area (Å²) in [5, 5.41) is 2.96. The fraction of sp³-hybridized carbons (Fsp3) is 0.533. The molecular formula is C15H23N3O.